The molecular weight excluding hydrogens is 414 g/mol. The number of para-hydroxylation sites is 1. The molecule has 0 amide bonds. The monoisotopic (exact) mass is 427 g/mol. The van der Waals surface area contributed by atoms with Gasteiger partial charge in [-0.3, -0.25) is 0 Å². The minimum absolute atomic E-state index is 0.198. The summed E-state index contributed by atoms with van der Waals surface area (Å²) in [6, 6.07) is 24.1. The van der Waals surface area contributed by atoms with Crippen LogP contribution in [0.3, 0.4) is 0 Å². The molecular formula is C25H14ClNO4. The average Bonchev–Trinajstić information content (AvgIpc) is 2.77. The molecule has 0 aliphatic carbocycles. The third-order valence-corrected chi connectivity index (χ3v) is 4.73. The highest BCUT2D eigenvalue weighted by atomic mass is 35.5. The molecule has 3 aromatic carbocycles. The van der Waals surface area contributed by atoms with Gasteiger partial charge in [0.2, 0.25) is 0 Å². The molecule has 0 aliphatic heterocycles. The van der Waals surface area contributed by atoms with E-state index >= 15 is 0 Å². The topological polar surface area (TPSA) is 80.3 Å². The van der Waals surface area contributed by atoms with Gasteiger partial charge in [0, 0.05) is 10.4 Å². The summed E-state index contributed by atoms with van der Waals surface area (Å²) in [4.78, 5) is 24.7. The van der Waals surface area contributed by atoms with Gasteiger partial charge in [-0.1, -0.05) is 54.1 Å². The average molecular weight is 428 g/mol. The van der Waals surface area contributed by atoms with Crippen LogP contribution < -0.4 is 10.4 Å². The second-order valence-corrected chi connectivity index (χ2v) is 7.06. The summed E-state index contributed by atoms with van der Waals surface area (Å²) < 4.78 is 10.6. The van der Waals surface area contributed by atoms with Crippen LogP contribution in [0.2, 0.25) is 5.02 Å². The summed E-state index contributed by atoms with van der Waals surface area (Å²) in [6.07, 6.45) is 1.66. The van der Waals surface area contributed by atoms with Gasteiger partial charge in [-0.05, 0) is 53.6 Å². The molecule has 0 radical (unpaired) electrons. The zero-order valence-electron chi connectivity index (χ0n) is 16.0. The molecule has 0 N–H and O–H groups in total. The van der Waals surface area contributed by atoms with Crippen molar-refractivity contribution in [1.82, 2.24) is 0 Å². The van der Waals surface area contributed by atoms with E-state index < -0.39 is 11.6 Å². The zero-order chi connectivity index (χ0) is 21.8. The zero-order valence-corrected chi connectivity index (χ0v) is 16.8. The highest BCUT2D eigenvalue weighted by Gasteiger charge is 2.16. The fourth-order valence-corrected chi connectivity index (χ4v) is 3.23. The maximum Gasteiger partial charge on any atom is 0.351 e. The van der Waals surface area contributed by atoms with Crippen molar-refractivity contribution in [3.63, 3.8) is 0 Å². The lowest BCUT2D eigenvalue weighted by molar-refractivity contribution is 0.0730. The highest BCUT2D eigenvalue weighted by Crippen LogP contribution is 2.23. The summed E-state index contributed by atoms with van der Waals surface area (Å²) in [5.74, 6) is -0.592. The van der Waals surface area contributed by atoms with Crippen LogP contribution in [-0.2, 0) is 0 Å². The number of halogens is 1. The number of hydrogen-bond donors (Lipinski definition) is 0. The van der Waals surface area contributed by atoms with Crippen molar-refractivity contribution >= 4 is 40.2 Å². The van der Waals surface area contributed by atoms with Gasteiger partial charge in [-0.15, -0.1) is 0 Å². The van der Waals surface area contributed by atoms with Gasteiger partial charge in [0.15, 0.2) is 0 Å². The third-order valence-electron chi connectivity index (χ3n) is 4.50. The van der Waals surface area contributed by atoms with Crippen LogP contribution in [0.1, 0.15) is 21.5 Å². The molecule has 6 heteroatoms. The van der Waals surface area contributed by atoms with Crippen LogP contribution in [0, 0.1) is 11.3 Å². The molecule has 0 unspecified atom stereocenters. The van der Waals surface area contributed by atoms with Crippen LogP contribution in [0.25, 0.3) is 22.6 Å². The number of nitrogens with zero attached hydrogens (tertiary/aromatic N) is 1. The Hall–Kier alpha value is -4.14. The number of carbonyl (C=O) groups excluding carboxylic acids is 1. The van der Waals surface area contributed by atoms with E-state index in [4.69, 9.17) is 20.8 Å². The molecule has 0 saturated heterocycles. The molecule has 150 valence electrons. The van der Waals surface area contributed by atoms with Crippen molar-refractivity contribution in [2.24, 2.45) is 0 Å². The van der Waals surface area contributed by atoms with Crippen LogP contribution in [0.5, 0.6) is 5.75 Å². The number of nitriles is 1. The van der Waals surface area contributed by atoms with E-state index in [0.29, 0.717) is 32.7 Å². The Morgan fingerprint density at radius 1 is 1.00 bits per heavy atom. The molecule has 1 heterocycles. The van der Waals surface area contributed by atoms with Crippen molar-refractivity contribution in [1.29, 1.82) is 5.26 Å². The first-order valence-corrected chi connectivity index (χ1v) is 9.64. The maximum atomic E-state index is 12.6. The van der Waals surface area contributed by atoms with E-state index in [1.165, 1.54) is 6.07 Å². The van der Waals surface area contributed by atoms with Gasteiger partial charge in [0.1, 0.15) is 16.9 Å². The first-order valence-electron chi connectivity index (χ1n) is 9.26. The van der Waals surface area contributed by atoms with E-state index in [1.54, 1.807) is 78.9 Å². The lowest BCUT2D eigenvalue weighted by Gasteiger charge is -2.06. The Kier molecular flexibility index (Phi) is 5.65. The Morgan fingerprint density at radius 3 is 2.61 bits per heavy atom. The molecule has 5 nitrogen and oxygen atoms in total. The Morgan fingerprint density at radius 2 is 1.81 bits per heavy atom. The minimum Gasteiger partial charge on any atom is -0.423 e. The Labute approximate surface area is 182 Å². The van der Waals surface area contributed by atoms with Crippen molar-refractivity contribution in [3.05, 3.63) is 111 Å². The maximum absolute atomic E-state index is 12.6. The van der Waals surface area contributed by atoms with Crippen molar-refractivity contribution < 1.29 is 13.9 Å². The number of rotatable bonds is 4. The summed E-state index contributed by atoms with van der Waals surface area (Å²) >= 11 is 6.01. The van der Waals surface area contributed by atoms with Crippen LogP contribution in [-0.4, -0.2) is 5.97 Å². The Balaban J connectivity index is 1.62. The smallest absolute Gasteiger partial charge is 0.351 e. The quantitative estimate of drug-likeness (QED) is 0.136. The van der Waals surface area contributed by atoms with Gasteiger partial charge in [-0.25, -0.2) is 9.59 Å². The fourth-order valence-electron chi connectivity index (χ4n) is 3.04. The molecule has 0 saturated carbocycles. The normalized spacial score (nSPS) is 11.2. The number of benzene rings is 3. The van der Waals surface area contributed by atoms with Gasteiger partial charge < -0.3 is 9.15 Å². The number of esters is 1. The van der Waals surface area contributed by atoms with Gasteiger partial charge in [0.25, 0.3) is 0 Å². The molecule has 0 aliphatic rings. The van der Waals surface area contributed by atoms with Crippen molar-refractivity contribution in [3.8, 4) is 11.8 Å². The summed E-state index contributed by atoms with van der Waals surface area (Å²) in [5.41, 5.74) is 1.14. The summed E-state index contributed by atoms with van der Waals surface area (Å²) in [7, 11) is 0. The summed E-state index contributed by atoms with van der Waals surface area (Å²) in [6.45, 7) is 0. The van der Waals surface area contributed by atoms with Gasteiger partial charge in [-0.2, -0.15) is 5.26 Å². The van der Waals surface area contributed by atoms with Crippen LogP contribution in [0.4, 0.5) is 0 Å². The molecule has 1 aromatic heterocycles. The second kappa shape index (κ2) is 8.70. The van der Waals surface area contributed by atoms with E-state index in [-0.39, 0.29) is 11.3 Å². The molecule has 31 heavy (non-hydrogen) atoms. The first kappa shape index (κ1) is 20.1. The fraction of sp³-hybridized carbons (Fsp3) is 0. The Bertz CT molecular complexity index is 1430. The van der Waals surface area contributed by atoms with E-state index in [1.807, 2.05) is 0 Å². The third kappa shape index (κ3) is 4.55. The molecule has 4 aromatic rings. The van der Waals surface area contributed by atoms with Gasteiger partial charge in [0.05, 0.1) is 11.6 Å². The van der Waals surface area contributed by atoms with E-state index in [0.717, 1.165) is 0 Å². The predicted octanol–water partition coefficient (Wildman–Crippen LogP) is 5.73. The van der Waals surface area contributed by atoms with E-state index in [2.05, 4.69) is 6.07 Å². The summed E-state index contributed by atoms with van der Waals surface area (Å²) in [5, 5.41) is 10.7. The highest BCUT2D eigenvalue weighted by molar-refractivity contribution is 6.30. The van der Waals surface area contributed by atoms with Crippen molar-refractivity contribution in [2.75, 3.05) is 0 Å². The minimum atomic E-state index is -0.823. The lowest BCUT2D eigenvalue weighted by Crippen LogP contribution is -2.18. The SMILES string of the molecule is N#C/C(=C/c1cccc(OC(=O)c2cc3ccccc3oc2=O)c1)c1cccc(Cl)c1. The molecule has 0 atom stereocenters. The molecule has 0 spiro atoms. The van der Waals surface area contributed by atoms with E-state index in [9.17, 15) is 14.9 Å². The number of fused-ring (bicyclic) bond motifs is 1. The number of ether oxygens (including phenoxy) is 1. The molecule has 4 rings (SSSR count). The number of allylic oxidation sites excluding steroid dienone is 1. The predicted molar refractivity (Wildman–Crippen MR) is 119 cm³/mol. The standard InChI is InChI=1S/C25H14ClNO4/c26-20-8-4-7-17(13-20)19(15-27)11-16-5-3-9-21(12-16)30-24(28)22-14-18-6-1-2-10-23(18)31-25(22)29/h1-14H/b19-11-. The number of carbonyl (C=O) groups is 1. The first-order chi connectivity index (χ1) is 15.0. The van der Waals surface area contributed by atoms with Gasteiger partial charge >= 0.3 is 11.6 Å². The van der Waals surface area contributed by atoms with Crippen molar-refractivity contribution in [2.45, 2.75) is 0 Å². The largest absolute Gasteiger partial charge is 0.423 e. The second-order valence-electron chi connectivity index (χ2n) is 6.63. The molecule has 0 fully saturated rings. The number of hydrogen-bond acceptors (Lipinski definition) is 5. The van der Waals surface area contributed by atoms with Crippen LogP contribution >= 0.6 is 11.6 Å². The lowest BCUT2D eigenvalue weighted by atomic mass is 10.0. The van der Waals surface area contributed by atoms with Crippen LogP contribution in [0.15, 0.2) is 88.1 Å². The molecule has 0 bridgehead atoms.